The molecular weight excluding hydrogens is 314 g/mol. The van der Waals surface area contributed by atoms with E-state index in [1.54, 1.807) is 0 Å². The standard InChI is InChI=1S/C17H27N3O2.ClH/c1-2-22-16-8-4-3-7-15(16)19-17(21)13-20-11-5-6-14(12-20)9-10-18;/h3-4,7-8,14H,2,5-6,9-13,18H2,1H3,(H,19,21);1H. The highest BCUT2D eigenvalue weighted by molar-refractivity contribution is 5.93. The quantitative estimate of drug-likeness (QED) is 0.799. The lowest BCUT2D eigenvalue weighted by Crippen LogP contribution is -2.41. The van der Waals surface area contributed by atoms with E-state index in [2.05, 4.69) is 10.2 Å². The lowest BCUT2D eigenvalue weighted by Gasteiger charge is -2.32. The Hall–Kier alpha value is -1.30. The van der Waals surface area contributed by atoms with Gasteiger partial charge in [0.15, 0.2) is 0 Å². The van der Waals surface area contributed by atoms with Crippen LogP contribution in [0.3, 0.4) is 0 Å². The maximum Gasteiger partial charge on any atom is 0.238 e. The smallest absolute Gasteiger partial charge is 0.238 e. The maximum atomic E-state index is 12.3. The van der Waals surface area contributed by atoms with Crippen molar-refractivity contribution in [2.24, 2.45) is 11.7 Å². The van der Waals surface area contributed by atoms with Crippen LogP contribution in [0.4, 0.5) is 5.69 Å². The Morgan fingerprint density at radius 3 is 2.96 bits per heavy atom. The van der Waals surface area contributed by atoms with Gasteiger partial charge in [0, 0.05) is 6.54 Å². The number of ether oxygens (including phenoxy) is 1. The number of nitrogens with zero attached hydrogens (tertiary/aromatic N) is 1. The Labute approximate surface area is 145 Å². The Bertz CT molecular complexity index is 483. The number of rotatable bonds is 7. The fourth-order valence-electron chi connectivity index (χ4n) is 3.01. The topological polar surface area (TPSA) is 67.6 Å². The molecule has 3 N–H and O–H groups in total. The zero-order valence-electron chi connectivity index (χ0n) is 13.8. The Kier molecular flexibility index (Phi) is 8.99. The van der Waals surface area contributed by atoms with Crippen molar-refractivity contribution in [3.05, 3.63) is 24.3 Å². The molecule has 1 saturated heterocycles. The molecule has 1 aromatic rings. The molecule has 0 bridgehead atoms. The molecule has 0 aromatic heterocycles. The minimum Gasteiger partial charge on any atom is -0.492 e. The van der Waals surface area contributed by atoms with Crippen LogP contribution in [-0.4, -0.2) is 43.6 Å². The van der Waals surface area contributed by atoms with Crippen molar-refractivity contribution in [2.45, 2.75) is 26.2 Å². The van der Waals surface area contributed by atoms with Crippen LogP contribution in [0, 0.1) is 5.92 Å². The number of carbonyl (C=O) groups excluding carboxylic acids is 1. The number of anilines is 1. The summed E-state index contributed by atoms with van der Waals surface area (Å²) in [6, 6.07) is 7.55. The fourth-order valence-corrected chi connectivity index (χ4v) is 3.01. The van der Waals surface area contributed by atoms with Crippen molar-refractivity contribution in [1.82, 2.24) is 4.90 Å². The lowest BCUT2D eigenvalue weighted by molar-refractivity contribution is -0.117. The van der Waals surface area contributed by atoms with Gasteiger partial charge in [0.05, 0.1) is 18.8 Å². The number of halogens is 1. The molecule has 1 amide bonds. The largest absolute Gasteiger partial charge is 0.492 e. The predicted molar refractivity (Wildman–Crippen MR) is 96.3 cm³/mol. The number of hydrogen-bond acceptors (Lipinski definition) is 4. The number of hydrogen-bond donors (Lipinski definition) is 2. The molecule has 1 aliphatic heterocycles. The molecule has 1 heterocycles. The summed E-state index contributed by atoms with van der Waals surface area (Å²) in [5, 5.41) is 2.96. The van der Waals surface area contributed by atoms with Crippen LogP contribution in [0.25, 0.3) is 0 Å². The van der Waals surface area contributed by atoms with Crippen LogP contribution < -0.4 is 15.8 Å². The van der Waals surface area contributed by atoms with E-state index in [1.807, 2.05) is 31.2 Å². The fraction of sp³-hybridized carbons (Fsp3) is 0.588. The first kappa shape index (κ1) is 19.7. The molecule has 6 heteroatoms. The summed E-state index contributed by atoms with van der Waals surface area (Å²) in [6.07, 6.45) is 3.42. The molecule has 130 valence electrons. The number of amides is 1. The van der Waals surface area contributed by atoms with Crippen LogP contribution in [0.5, 0.6) is 5.75 Å². The van der Waals surface area contributed by atoms with E-state index in [9.17, 15) is 4.79 Å². The van der Waals surface area contributed by atoms with E-state index in [0.29, 0.717) is 19.1 Å². The third-order valence-electron chi connectivity index (χ3n) is 4.01. The molecule has 2 rings (SSSR count). The highest BCUT2D eigenvalue weighted by Gasteiger charge is 2.21. The Morgan fingerprint density at radius 1 is 1.43 bits per heavy atom. The van der Waals surface area contributed by atoms with Crippen LogP contribution in [0.15, 0.2) is 24.3 Å². The molecular formula is C17H28ClN3O2. The third kappa shape index (κ3) is 6.37. The number of benzene rings is 1. The number of piperidine rings is 1. The molecule has 1 fully saturated rings. The summed E-state index contributed by atoms with van der Waals surface area (Å²) in [7, 11) is 0. The highest BCUT2D eigenvalue weighted by Crippen LogP contribution is 2.24. The average molecular weight is 342 g/mol. The number of para-hydroxylation sites is 2. The van der Waals surface area contributed by atoms with E-state index in [4.69, 9.17) is 10.5 Å². The molecule has 1 aliphatic rings. The van der Waals surface area contributed by atoms with E-state index in [1.165, 1.54) is 6.42 Å². The number of likely N-dealkylation sites (tertiary alicyclic amines) is 1. The van der Waals surface area contributed by atoms with Crippen LogP contribution >= 0.6 is 12.4 Å². The predicted octanol–water partition coefficient (Wildman–Crippen LogP) is 2.51. The third-order valence-corrected chi connectivity index (χ3v) is 4.01. The summed E-state index contributed by atoms with van der Waals surface area (Å²) in [5.41, 5.74) is 6.38. The van der Waals surface area contributed by atoms with Gasteiger partial charge in [0.25, 0.3) is 0 Å². The van der Waals surface area contributed by atoms with Gasteiger partial charge < -0.3 is 15.8 Å². The number of nitrogens with one attached hydrogen (secondary N) is 1. The molecule has 0 saturated carbocycles. The van der Waals surface area contributed by atoms with Gasteiger partial charge in [-0.2, -0.15) is 0 Å². The normalized spacial score (nSPS) is 18.1. The van der Waals surface area contributed by atoms with Gasteiger partial charge in [0.2, 0.25) is 5.91 Å². The van der Waals surface area contributed by atoms with Crippen molar-refractivity contribution in [2.75, 3.05) is 38.1 Å². The Morgan fingerprint density at radius 2 is 2.22 bits per heavy atom. The van der Waals surface area contributed by atoms with E-state index in [-0.39, 0.29) is 18.3 Å². The summed E-state index contributed by atoms with van der Waals surface area (Å²) >= 11 is 0. The first-order chi connectivity index (χ1) is 10.7. The zero-order chi connectivity index (χ0) is 15.8. The van der Waals surface area contributed by atoms with E-state index < -0.39 is 0 Å². The monoisotopic (exact) mass is 341 g/mol. The second kappa shape index (κ2) is 10.5. The lowest BCUT2D eigenvalue weighted by atomic mass is 9.95. The summed E-state index contributed by atoms with van der Waals surface area (Å²) in [5.74, 6) is 1.36. The van der Waals surface area contributed by atoms with Gasteiger partial charge in [-0.25, -0.2) is 0 Å². The van der Waals surface area contributed by atoms with Crippen molar-refractivity contribution in [1.29, 1.82) is 0 Å². The van der Waals surface area contributed by atoms with Crippen molar-refractivity contribution in [3.63, 3.8) is 0 Å². The SMILES string of the molecule is CCOc1ccccc1NC(=O)CN1CCCC(CCN)C1.Cl. The highest BCUT2D eigenvalue weighted by atomic mass is 35.5. The van der Waals surface area contributed by atoms with Gasteiger partial charge in [-0.15, -0.1) is 12.4 Å². The molecule has 1 aromatic carbocycles. The summed E-state index contributed by atoms with van der Waals surface area (Å²) < 4.78 is 5.53. The molecule has 1 unspecified atom stereocenters. The second-order valence-electron chi connectivity index (χ2n) is 5.80. The van der Waals surface area contributed by atoms with Gasteiger partial charge in [0.1, 0.15) is 5.75 Å². The molecule has 0 spiro atoms. The minimum atomic E-state index is 0. The van der Waals surface area contributed by atoms with Crippen LogP contribution in [0.1, 0.15) is 26.2 Å². The van der Waals surface area contributed by atoms with Gasteiger partial charge in [-0.1, -0.05) is 12.1 Å². The summed E-state index contributed by atoms with van der Waals surface area (Å²) in [4.78, 5) is 14.5. The maximum absolute atomic E-state index is 12.3. The molecule has 0 radical (unpaired) electrons. The van der Waals surface area contributed by atoms with Crippen molar-refractivity contribution in [3.8, 4) is 5.75 Å². The molecule has 5 nitrogen and oxygen atoms in total. The van der Waals surface area contributed by atoms with Crippen LogP contribution in [0.2, 0.25) is 0 Å². The van der Waals surface area contributed by atoms with Crippen molar-refractivity contribution >= 4 is 24.0 Å². The molecule has 23 heavy (non-hydrogen) atoms. The van der Waals surface area contributed by atoms with Crippen molar-refractivity contribution < 1.29 is 9.53 Å². The Balaban J connectivity index is 0.00000264. The first-order valence-electron chi connectivity index (χ1n) is 8.17. The average Bonchev–Trinajstić information content (AvgIpc) is 2.50. The van der Waals surface area contributed by atoms with E-state index >= 15 is 0 Å². The van der Waals surface area contributed by atoms with Gasteiger partial charge in [-0.3, -0.25) is 9.69 Å². The van der Waals surface area contributed by atoms with E-state index in [0.717, 1.165) is 43.9 Å². The van der Waals surface area contributed by atoms with Gasteiger partial charge in [-0.05, 0) is 57.3 Å². The second-order valence-corrected chi connectivity index (χ2v) is 5.80. The number of carbonyl (C=O) groups is 1. The first-order valence-corrected chi connectivity index (χ1v) is 8.17. The summed E-state index contributed by atoms with van der Waals surface area (Å²) in [6.45, 7) is 5.64. The number of nitrogens with two attached hydrogens (primary N) is 1. The molecule has 1 atom stereocenters. The van der Waals surface area contributed by atoms with Gasteiger partial charge >= 0.3 is 0 Å². The molecule has 0 aliphatic carbocycles. The minimum absolute atomic E-state index is 0. The van der Waals surface area contributed by atoms with Crippen LogP contribution in [-0.2, 0) is 4.79 Å². The zero-order valence-corrected chi connectivity index (χ0v) is 14.6.